The minimum atomic E-state index is -0.466. The molecule has 1 rings (SSSR count). The van der Waals surface area contributed by atoms with Crippen LogP contribution in [0.5, 0.6) is 0 Å². The summed E-state index contributed by atoms with van der Waals surface area (Å²) in [5.74, 6) is -0.117. The standard InChI is InChI=1S/C14H21ClN2O.ClH/c1-10(16)13(18)17-9-14(2,3)8-11-5-4-6-12(15)7-11;/h4-7,10H,8-9,16H2,1-3H3,(H,17,18);1H/t10-;/m1./s1. The Morgan fingerprint density at radius 2 is 2.11 bits per heavy atom. The molecule has 0 aliphatic carbocycles. The summed E-state index contributed by atoms with van der Waals surface area (Å²) in [6, 6.07) is 7.33. The van der Waals surface area contributed by atoms with Crippen molar-refractivity contribution in [3.05, 3.63) is 34.9 Å². The molecular formula is C14H22Cl2N2O. The molecule has 1 aromatic carbocycles. The second-order valence-corrected chi connectivity index (χ2v) is 5.91. The van der Waals surface area contributed by atoms with Crippen molar-refractivity contribution in [2.75, 3.05) is 6.54 Å². The molecule has 19 heavy (non-hydrogen) atoms. The lowest BCUT2D eigenvalue weighted by atomic mass is 9.85. The van der Waals surface area contributed by atoms with Crippen LogP contribution in [0.15, 0.2) is 24.3 Å². The summed E-state index contributed by atoms with van der Waals surface area (Å²) in [6.07, 6.45) is 0.854. The molecule has 3 N–H and O–H groups in total. The van der Waals surface area contributed by atoms with E-state index in [1.807, 2.05) is 24.3 Å². The van der Waals surface area contributed by atoms with Gasteiger partial charge in [0.25, 0.3) is 0 Å². The predicted octanol–water partition coefficient (Wildman–Crippen LogP) is 2.79. The Labute approximate surface area is 126 Å². The number of halogens is 2. The summed E-state index contributed by atoms with van der Waals surface area (Å²) in [5, 5.41) is 3.60. The van der Waals surface area contributed by atoms with Crippen LogP contribution in [-0.2, 0) is 11.2 Å². The quantitative estimate of drug-likeness (QED) is 0.879. The fourth-order valence-corrected chi connectivity index (χ4v) is 1.96. The fraction of sp³-hybridized carbons (Fsp3) is 0.500. The number of nitrogens with one attached hydrogen (secondary N) is 1. The van der Waals surface area contributed by atoms with Crippen LogP contribution in [0, 0.1) is 5.41 Å². The molecule has 0 saturated heterocycles. The summed E-state index contributed by atoms with van der Waals surface area (Å²) in [6.45, 7) is 6.49. The molecule has 1 amide bonds. The van der Waals surface area contributed by atoms with Crippen molar-refractivity contribution in [2.24, 2.45) is 11.1 Å². The second-order valence-electron chi connectivity index (χ2n) is 5.48. The van der Waals surface area contributed by atoms with Gasteiger partial charge in [-0.25, -0.2) is 0 Å². The molecule has 0 fully saturated rings. The van der Waals surface area contributed by atoms with Crippen LogP contribution in [0.2, 0.25) is 5.02 Å². The first-order valence-electron chi connectivity index (χ1n) is 6.08. The second kappa shape index (κ2) is 7.73. The first-order chi connectivity index (χ1) is 8.30. The molecule has 0 unspecified atom stereocenters. The molecule has 0 spiro atoms. The van der Waals surface area contributed by atoms with Crippen molar-refractivity contribution in [3.63, 3.8) is 0 Å². The molecule has 0 aliphatic heterocycles. The molecule has 0 aromatic heterocycles. The maximum Gasteiger partial charge on any atom is 0.236 e. The molecule has 0 heterocycles. The summed E-state index contributed by atoms with van der Waals surface area (Å²) < 4.78 is 0. The summed E-state index contributed by atoms with van der Waals surface area (Å²) in [5.41, 5.74) is 6.64. The smallest absolute Gasteiger partial charge is 0.236 e. The van der Waals surface area contributed by atoms with Gasteiger partial charge >= 0.3 is 0 Å². The van der Waals surface area contributed by atoms with Gasteiger partial charge in [0, 0.05) is 11.6 Å². The van der Waals surface area contributed by atoms with Gasteiger partial charge in [-0.15, -0.1) is 12.4 Å². The van der Waals surface area contributed by atoms with E-state index >= 15 is 0 Å². The van der Waals surface area contributed by atoms with Crippen molar-refractivity contribution in [1.29, 1.82) is 0 Å². The van der Waals surface area contributed by atoms with Crippen LogP contribution in [0.25, 0.3) is 0 Å². The van der Waals surface area contributed by atoms with Gasteiger partial charge in [-0.05, 0) is 36.5 Å². The number of amides is 1. The molecule has 1 aromatic rings. The first-order valence-corrected chi connectivity index (χ1v) is 6.46. The summed E-state index contributed by atoms with van der Waals surface area (Å²) in [4.78, 5) is 11.4. The van der Waals surface area contributed by atoms with Crippen molar-refractivity contribution in [1.82, 2.24) is 5.32 Å². The van der Waals surface area contributed by atoms with Gasteiger partial charge in [-0.2, -0.15) is 0 Å². The maximum atomic E-state index is 11.4. The van der Waals surface area contributed by atoms with E-state index < -0.39 is 6.04 Å². The van der Waals surface area contributed by atoms with Crippen LogP contribution in [0.1, 0.15) is 26.3 Å². The Bertz CT molecular complexity index is 420. The number of rotatable bonds is 5. The van der Waals surface area contributed by atoms with Gasteiger partial charge < -0.3 is 11.1 Å². The van der Waals surface area contributed by atoms with Crippen molar-refractivity contribution >= 4 is 29.9 Å². The molecule has 108 valence electrons. The first kappa shape index (κ1) is 18.2. The molecule has 0 aliphatic rings. The number of carbonyl (C=O) groups is 1. The molecule has 5 heteroatoms. The van der Waals surface area contributed by atoms with E-state index in [0.717, 1.165) is 11.4 Å². The third-order valence-corrected chi connectivity index (χ3v) is 2.96. The number of hydrogen-bond donors (Lipinski definition) is 2. The maximum absolute atomic E-state index is 11.4. The van der Waals surface area contributed by atoms with Gasteiger partial charge in [-0.1, -0.05) is 37.6 Å². The lowest BCUT2D eigenvalue weighted by molar-refractivity contribution is -0.122. The Morgan fingerprint density at radius 1 is 1.47 bits per heavy atom. The lowest BCUT2D eigenvalue weighted by Gasteiger charge is -2.25. The Hall–Kier alpha value is -0.770. The highest BCUT2D eigenvalue weighted by atomic mass is 35.5. The van der Waals surface area contributed by atoms with Gasteiger partial charge in [0.05, 0.1) is 6.04 Å². The van der Waals surface area contributed by atoms with Crippen LogP contribution in [0.3, 0.4) is 0 Å². The molecule has 0 radical (unpaired) electrons. The van der Waals surface area contributed by atoms with Gasteiger partial charge in [0.2, 0.25) is 5.91 Å². The number of hydrogen-bond acceptors (Lipinski definition) is 2. The van der Waals surface area contributed by atoms with E-state index in [1.165, 1.54) is 5.56 Å². The minimum Gasteiger partial charge on any atom is -0.354 e. The Balaban J connectivity index is 0.00000324. The Morgan fingerprint density at radius 3 is 2.63 bits per heavy atom. The van der Waals surface area contributed by atoms with Gasteiger partial charge in [0.1, 0.15) is 0 Å². The van der Waals surface area contributed by atoms with Crippen LogP contribution < -0.4 is 11.1 Å². The molecule has 0 saturated carbocycles. The third kappa shape index (κ3) is 6.81. The van der Waals surface area contributed by atoms with Crippen LogP contribution in [0.4, 0.5) is 0 Å². The highest BCUT2D eigenvalue weighted by molar-refractivity contribution is 6.30. The van der Waals surface area contributed by atoms with Crippen molar-refractivity contribution < 1.29 is 4.79 Å². The fourth-order valence-electron chi connectivity index (χ4n) is 1.75. The minimum absolute atomic E-state index is 0. The van der Waals surface area contributed by atoms with Crippen molar-refractivity contribution in [3.8, 4) is 0 Å². The zero-order chi connectivity index (χ0) is 13.8. The molecule has 1 atom stereocenters. The van der Waals surface area contributed by atoms with E-state index in [2.05, 4.69) is 19.2 Å². The highest BCUT2D eigenvalue weighted by Crippen LogP contribution is 2.22. The van der Waals surface area contributed by atoms with Crippen LogP contribution in [-0.4, -0.2) is 18.5 Å². The largest absolute Gasteiger partial charge is 0.354 e. The lowest BCUT2D eigenvalue weighted by Crippen LogP contribution is -2.43. The molecular weight excluding hydrogens is 283 g/mol. The van der Waals surface area contributed by atoms with E-state index in [1.54, 1.807) is 6.92 Å². The number of benzene rings is 1. The third-order valence-electron chi connectivity index (χ3n) is 2.73. The number of carbonyl (C=O) groups excluding carboxylic acids is 1. The normalized spacial score (nSPS) is 12.5. The number of nitrogens with two attached hydrogens (primary N) is 1. The summed E-state index contributed by atoms with van der Waals surface area (Å²) >= 11 is 5.96. The van der Waals surface area contributed by atoms with Crippen LogP contribution >= 0.6 is 24.0 Å². The van der Waals surface area contributed by atoms with Gasteiger partial charge in [-0.3, -0.25) is 4.79 Å². The van der Waals surface area contributed by atoms with Gasteiger partial charge in [0.15, 0.2) is 0 Å². The topological polar surface area (TPSA) is 55.1 Å². The highest BCUT2D eigenvalue weighted by Gasteiger charge is 2.20. The van der Waals surface area contributed by atoms with Crippen molar-refractivity contribution in [2.45, 2.75) is 33.2 Å². The Kier molecular flexibility index (Phi) is 7.42. The average Bonchev–Trinajstić information content (AvgIpc) is 2.25. The molecule has 0 bridgehead atoms. The predicted molar refractivity (Wildman–Crippen MR) is 82.8 cm³/mol. The van der Waals surface area contributed by atoms with E-state index in [0.29, 0.717) is 6.54 Å². The van der Waals surface area contributed by atoms with E-state index in [-0.39, 0.29) is 23.7 Å². The SMILES string of the molecule is C[C@@H](N)C(=O)NCC(C)(C)Cc1cccc(Cl)c1.Cl. The molecule has 3 nitrogen and oxygen atoms in total. The van der Waals surface area contributed by atoms with E-state index in [9.17, 15) is 4.79 Å². The monoisotopic (exact) mass is 304 g/mol. The zero-order valence-electron chi connectivity index (χ0n) is 11.6. The van der Waals surface area contributed by atoms with E-state index in [4.69, 9.17) is 17.3 Å². The zero-order valence-corrected chi connectivity index (χ0v) is 13.1. The summed E-state index contributed by atoms with van der Waals surface area (Å²) in [7, 11) is 0. The average molecular weight is 305 g/mol.